The Labute approximate surface area is 149 Å². The van der Waals surface area contributed by atoms with E-state index in [4.69, 9.17) is 4.74 Å². The van der Waals surface area contributed by atoms with E-state index < -0.39 is 0 Å². The summed E-state index contributed by atoms with van der Waals surface area (Å²) in [5, 5.41) is 5.10. The van der Waals surface area contributed by atoms with Crippen LogP contribution in [0.15, 0.2) is 42.5 Å². The molecule has 0 spiro atoms. The molecular weight excluding hydrogens is 343 g/mol. The van der Waals surface area contributed by atoms with Crippen LogP contribution in [-0.4, -0.2) is 38.6 Å². The van der Waals surface area contributed by atoms with Gasteiger partial charge in [0.15, 0.2) is 0 Å². The number of ether oxygens (including phenoxy) is 1. The van der Waals surface area contributed by atoms with Crippen LogP contribution in [0.2, 0.25) is 0 Å². The summed E-state index contributed by atoms with van der Waals surface area (Å²) in [6.07, 6.45) is 2.98. The molecule has 0 unspecified atom stereocenters. The van der Waals surface area contributed by atoms with Crippen molar-refractivity contribution < 1.29 is 18.7 Å². The van der Waals surface area contributed by atoms with E-state index >= 15 is 0 Å². The zero-order chi connectivity index (χ0) is 18.1. The van der Waals surface area contributed by atoms with E-state index in [9.17, 15) is 14.0 Å². The molecule has 2 rings (SSSR count). The predicted molar refractivity (Wildman–Crippen MR) is 96.6 cm³/mol. The van der Waals surface area contributed by atoms with Crippen molar-refractivity contribution in [3.05, 3.63) is 53.2 Å². The monoisotopic (exact) mass is 362 g/mol. The van der Waals surface area contributed by atoms with Crippen LogP contribution >= 0.6 is 11.3 Å². The molecule has 0 saturated carbocycles. The van der Waals surface area contributed by atoms with E-state index in [2.05, 4.69) is 10.6 Å². The van der Waals surface area contributed by atoms with Gasteiger partial charge in [0.1, 0.15) is 5.82 Å². The summed E-state index contributed by atoms with van der Waals surface area (Å²) in [6, 6.07) is 10.2. The highest BCUT2D eigenvalue weighted by Crippen LogP contribution is 2.30. The van der Waals surface area contributed by atoms with Crippen LogP contribution in [0.5, 0.6) is 0 Å². The summed E-state index contributed by atoms with van der Waals surface area (Å²) in [4.78, 5) is 24.8. The molecule has 5 nitrogen and oxygen atoms in total. The molecule has 1 aromatic heterocycles. The minimum Gasteiger partial charge on any atom is -0.383 e. The fourth-order valence-corrected chi connectivity index (χ4v) is 2.93. The number of amides is 2. The lowest BCUT2D eigenvalue weighted by Gasteiger charge is -2.04. The Bertz CT molecular complexity index is 758. The molecule has 2 amide bonds. The highest BCUT2D eigenvalue weighted by molar-refractivity contribution is 7.16. The standard InChI is InChI=1S/C18H19FN2O3S/c1-24-11-10-20-18(23)12-21-17(22)9-7-13-6-8-16(25-13)14-4-2-3-5-15(14)19/h2-9H,10-12H2,1H3,(H,20,23)(H,21,22)/b9-7+. The highest BCUT2D eigenvalue weighted by atomic mass is 32.1. The van der Waals surface area contributed by atoms with Gasteiger partial charge in [0, 0.05) is 35.0 Å². The van der Waals surface area contributed by atoms with Crippen molar-refractivity contribution in [2.45, 2.75) is 0 Å². The van der Waals surface area contributed by atoms with Gasteiger partial charge in [-0.2, -0.15) is 0 Å². The van der Waals surface area contributed by atoms with Gasteiger partial charge in [-0.05, 0) is 24.3 Å². The SMILES string of the molecule is COCCNC(=O)CNC(=O)/C=C/c1ccc(-c2ccccc2F)s1. The Balaban J connectivity index is 1.85. The molecule has 0 bridgehead atoms. The molecule has 1 heterocycles. The van der Waals surface area contributed by atoms with Gasteiger partial charge < -0.3 is 15.4 Å². The normalized spacial score (nSPS) is 10.8. The van der Waals surface area contributed by atoms with Crippen LogP contribution in [0.1, 0.15) is 4.88 Å². The van der Waals surface area contributed by atoms with Crippen LogP contribution in [0.3, 0.4) is 0 Å². The minimum atomic E-state index is -0.372. The Hall–Kier alpha value is -2.51. The molecule has 0 aliphatic carbocycles. The average Bonchev–Trinajstić information content (AvgIpc) is 3.07. The molecule has 0 atom stereocenters. The van der Waals surface area contributed by atoms with Gasteiger partial charge in [0.25, 0.3) is 0 Å². The maximum Gasteiger partial charge on any atom is 0.244 e. The van der Waals surface area contributed by atoms with Crippen LogP contribution in [0.4, 0.5) is 4.39 Å². The van der Waals surface area contributed by atoms with Crippen molar-refractivity contribution >= 4 is 29.2 Å². The number of rotatable bonds is 8. The molecule has 0 fully saturated rings. The molecule has 0 saturated heterocycles. The van der Waals surface area contributed by atoms with E-state index in [1.165, 1.54) is 23.5 Å². The van der Waals surface area contributed by atoms with Crippen LogP contribution in [0, 0.1) is 5.82 Å². The Kier molecular flexibility index (Phi) is 7.31. The molecule has 0 aliphatic heterocycles. The topological polar surface area (TPSA) is 67.4 Å². The molecule has 1 aromatic carbocycles. The number of benzene rings is 1. The lowest BCUT2D eigenvalue weighted by molar-refractivity contribution is -0.124. The molecule has 25 heavy (non-hydrogen) atoms. The lowest BCUT2D eigenvalue weighted by atomic mass is 10.2. The molecule has 0 aliphatic rings. The van der Waals surface area contributed by atoms with Crippen LogP contribution < -0.4 is 10.6 Å². The van der Waals surface area contributed by atoms with Gasteiger partial charge in [-0.3, -0.25) is 9.59 Å². The van der Waals surface area contributed by atoms with Gasteiger partial charge >= 0.3 is 0 Å². The van der Waals surface area contributed by atoms with Crippen molar-refractivity contribution in [3.63, 3.8) is 0 Å². The molecule has 2 N–H and O–H groups in total. The number of hydrogen-bond acceptors (Lipinski definition) is 4. The summed E-state index contributed by atoms with van der Waals surface area (Å²) >= 11 is 1.38. The first kappa shape index (κ1) is 18.8. The molecule has 132 valence electrons. The lowest BCUT2D eigenvalue weighted by Crippen LogP contribution is -2.37. The first-order valence-corrected chi connectivity index (χ1v) is 8.48. The molecule has 0 radical (unpaired) electrons. The van der Waals surface area contributed by atoms with Crippen LogP contribution in [-0.2, 0) is 14.3 Å². The molecular formula is C18H19FN2O3S. The van der Waals surface area contributed by atoms with Crippen molar-refractivity contribution in [2.24, 2.45) is 0 Å². The second kappa shape index (κ2) is 9.71. The van der Waals surface area contributed by atoms with E-state index in [1.807, 2.05) is 12.1 Å². The quantitative estimate of drug-likeness (QED) is 0.560. The number of carbonyl (C=O) groups excluding carboxylic acids is 2. The van der Waals surface area contributed by atoms with Gasteiger partial charge in [-0.25, -0.2) is 4.39 Å². The van der Waals surface area contributed by atoms with E-state index in [1.54, 1.807) is 31.4 Å². The van der Waals surface area contributed by atoms with Gasteiger partial charge in [-0.15, -0.1) is 11.3 Å². The second-order valence-corrected chi connectivity index (χ2v) is 6.19. The zero-order valence-electron chi connectivity index (χ0n) is 13.8. The van der Waals surface area contributed by atoms with E-state index in [0.717, 1.165) is 9.75 Å². The summed E-state index contributed by atoms with van der Waals surface area (Å²) in [5.74, 6) is -0.934. The Morgan fingerprint density at radius 3 is 2.76 bits per heavy atom. The second-order valence-electron chi connectivity index (χ2n) is 5.08. The van der Waals surface area contributed by atoms with Crippen molar-refractivity contribution in [3.8, 4) is 10.4 Å². The largest absolute Gasteiger partial charge is 0.383 e. The van der Waals surface area contributed by atoms with Crippen molar-refractivity contribution in [1.29, 1.82) is 0 Å². The highest BCUT2D eigenvalue weighted by Gasteiger charge is 2.07. The van der Waals surface area contributed by atoms with Gasteiger partial charge in [-0.1, -0.05) is 18.2 Å². The van der Waals surface area contributed by atoms with E-state index in [0.29, 0.717) is 18.7 Å². The smallest absolute Gasteiger partial charge is 0.244 e. The summed E-state index contributed by atoms with van der Waals surface area (Å²) in [7, 11) is 1.54. The number of nitrogens with one attached hydrogen (secondary N) is 2. The van der Waals surface area contributed by atoms with Gasteiger partial charge in [0.2, 0.25) is 11.8 Å². The molecule has 7 heteroatoms. The van der Waals surface area contributed by atoms with Crippen molar-refractivity contribution in [1.82, 2.24) is 10.6 Å². The van der Waals surface area contributed by atoms with E-state index in [-0.39, 0.29) is 24.2 Å². The molecule has 2 aromatic rings. The average molecular weight is 362 g/mol. The summed E-state index contributed by atoms with van der Waals surface area (Å²) in [5.41, 5.74) is 0.532. The number of methoxy groups -OCH3 is 1. The Morgan fingerprint density at radius 2 is 2.00 bits per heavy atom. The summed E-state index contributed by atoms with van der Waals surface area (Å²) in [6.45, 7) is 0.717. The minimum absolute atomic E-state index is 0.0994. The van der Waals surface area contributed by atoms with Crippen LogP contribution in [0.25, 0.3) is 16.5 Å². The fraction of sp³-hybridized carbons (Fsp3) is 0.222. The Morgan fingerprint density at radius 1 is 1.20 bits per heavy atom. The maximum absolute atomic E-state index is 13.8. The first-order chi connectivity index (χ1) is 12.1. The third-order valence-corrected chi connectivity index (χ3v) is 4.30. The zero-order valence-corrected chi connectivity index (χ0v) is 14.6. The number of hydrogen-bond donors (Lipinski definition) is 2. The number of carbonyl (C=O) groups is 2. The first-order valence-electron chi connectivity index (χ1n) is 7.66. The van der Waals surface area contributed by atoms with Crippen molar-refractivity contribution in [2.75, 3.05) is 26.8 Å². The maximum atomic E-state index is 13.8. The summed E-state index contributed by atoms with van der Waals surface area (Å²) < 4.78 is 18.6. The number of thiophene rings is 1. The van der Waals surface area contributed by atoms with Gasteiger partial charge in [0.05, 0.1) is 13.2 Å². The fourth-order valence-electron chi connectivity index (χ4n) is 1.99. The third kappa shape index (κ3) is 6.13. The number of halogens is 1. The third-order valence-electron chi connectivity index (χ3n) is 3.22. The predicted octanol–water partition coefficient (Wildman–Crippen LogP) is 2.45.